The first kappa shape index (κ1) is 108. The highest BCUT2D eigenvalue weighted by Crippen LogP contribution is 2.17. The monoisotopic (exact) mass is 1710 g/mol. The van der Waals surface area contributed by atoms with Gasteiger partial charge < -0.3 is 74.2 Å². The van der Waals surface area contributed by atoms with Crippen molar-refractivity contribution in [3.63, 3.8) is 0 Å². The molecule has 0 aliphatic carbocycles. The van der Waals surface area contributed by atoms with E-state index in [1.807, 2.05) is 0 Å². The van der Waals surface area contributed by atoms with Crippen molar-refractivity contribution in [2.45, 2.75) is 244 Å². The Labute approximate surface area is 696 Å². The van der Waals surface area contributed by atoms with Crippen molar-refractivity contribution >= 4 is 129 Å². The predicted octanol–water partition coefficient (Wildman–Crippen LogP) is -5.98. The van der Waals surface area contributed by atoms with E-state index in [9.17, 15) is 105 Å². The average Bonchev–Trinajstić information content (AvgIpc) is 1.75. The van der Waals surface area contributed by atoms with Gasteiger partial charge >= 0.3 is 17.9 Å². The maximum atomic E-state index is 12.5. The van der Waals surface area contributed by atoms with E-state index in [0.717, 1.165) is 25.7 Å². The number of nitrogens with zero attached hydrogens (tertiary/aromatic N) is 3. The molecule has 3 aliphatic heterocycles. The van der Waals surface area contributed by atoms with Crippen LogP contribution in [0, 0.1) is 0 Å². The van der Waals surface area contributed by atoms with Gasteiger partial charge in [0.1, 0.15) is 17.3 Å². The summed E-state index contributed by atoms with van der Waals surface area (Å²) in [7, 11) is 1.72. The second-order valence-corrected chi connectivity index (χ2v) is 28.6. The number of unbranched alkanes of at least 4 members (excludes halogenated alkanes) is 4. The van der Waals surface area contributed by atoms with Crippen molar-refractivity contribution in [1.29, 1.82) is 0 Å². The van der Waals surface area contributed by atoms with Crippen LogP contribution in [0.3, 0.4) is 0 Å². The number of likely N-dealkylation sites (N-methyl/N-ethyl adjacent to an activating group) is 1. The van der Waals surface area contributed by atoms with Crippen LogP contribution in [0.5, 0.6) is 0 Å². The van der Waals surface area contributed by atoms with Gasteiger partial charge in [0, 0.05) is 90.3 Å². The molecule has 3 heterocycles. The van der Waals surface area contributed by atoms with Crippen LogP contribution in [0.2, 0.25) is 0 Å². The topological polar surface area (TPSA) is 659 Å². The van der Waals surface area contributed by atoms with Crippen molar-refractivity contribution in [3.05, 3.63) is 0 Å². The number of primary amides is 3. The molecule has 0 radical (unpaired) electrons. The Morgan fingerprint density at radius 1 is 0.350 bits per heavy atom. The second kappa shape index (κ2) is 63.7. The van der Waals surface area contributed by atoms with Gasteiger partial charge in [-0.25, -0.2) is 14.4 Å². The molecule has 0 aromatic rings. The summed E-state index contributed by atoms with van der Waals surface area (Å²) >= 11 is 0. The Morgan fingerprint density at radius 3 is 1.12 bits per heavy atom. The Hall–Kier alpha value is -10.3. The number of nitrogens with two attached hydrogens (primary N) is 3. The minimum absolute atomic E-state index is 0.00364. The van der Waals surface area contributed by atoms with Crippen LogP contribution in [0.4, 0.5) is 0 Å². The van der Waals surface area contributed by atoms with Gasteiger partial charge in [0.15, 0.2) is 17.3 Å². The number of hydrogen-bond donors (Lipinski definition) is 17. The summed E-state index contributed by atoms with van der Waals surface area (Å²) in [5.74, 6) is -9.11. The van der Waals surface area contributed by atoms with E-state index in [1.54, 1.807) is 20.9 Å². The number of hydrogen-bond acceptors (Lipinski definition) is 35. The Kier molecular flexibility index (Phi) is 57.2. The lowest BCUT2D eigenvalue weighted by atomic mass is 10.1. The summed E-state index contributed by atoms with van der Waals surface area (Å²) in [5.41, 5.74) is 16.1. The fraction of sp³-hybridized carbons (Fsp3) is 0.707. The normalized spacial score (nSPS) is 14.5. The van der Waals surface area contributed by atoms with Gasteiger partial charge in [-0.2, -0.15) is 0 Å². The molecule has 3 fully saturated rings. The molecule has 120 heavy (non-hydrogen) atoms. The Bertz CT molecular complexity index is 3340. The van der Waals surface area contributed by atoms with Crippen LogP contribution in [-0.4, -0.2) is 280 Å². The Morgan fingerprint density at radius 2 is 0.700 bits per heavy atom. The SMILES string of the molecule is CC(=O)CN[C@@H](CCCCNC(C)C(=O)CNC(C)NC(=O)CCCC(=O)ON1C(=O)CCC1=O)C(N)=O.CN[C@H](CCCCNCC(=O)CNCNC(=O)CCCC(=O)NCC(=O)CNCNCCCC[C@H](NCC(C)=O)C(N)=O)C(=O)NCCCC[C@H](NCC(C)=O)C(N)=O.O=C(CCCC(=O)ON1C(=O)CCC1=O)ON1C(=O)CCC1=O. The molecule has 45 heteroatoms. The fourth-order valence-electron chi connectivity index (χ4n) is 11.0. The molecule has 3 saturated heterocycles. The van der Waals surface area contributed by atoms with Gasteiger partial charge in [-0.15, -0.1) is 15.2 Å². The van der Waals surface area contributed by atoms with Gasteiger partial charge in [-0.3, -0.25) is 123 Å². The highest BCUT2D eigenvalue weighted by molar-refractivity contribution is 6.03. The number of carbonyl (C=O) groups is 22. The first-order valence-corrected chi connectivity index (χ1v) is 40.3. The summed E-state index contributed by atoms with van der Waals surface area (Å²) in [6.07, 6.45) is 7.48. The van der Waals surface area contributed by atoms with E-state index in [2.05, 4.69) is 84.1 Å². The number of nitrogens with one attached hydrogen (secondary N) is 14. The number of rotatable bonds is 67. The van der Waals surface area contributed by atoms with E-state index in [1.165, 1.54) is 20.8 Å². The largest absolute Gasteiger partial charge is 0.368 e. The number of imide groups is 3. The standard InChI is InChI=1S/C38H72N12O9.C24H40N6O8.C13H14N2O8/c1-27(51)19-47-31(36(39)57)11-4-8-17-43-25-44-23-30(54)24-49-34(55)14-10-15-35(56)50-26-45-22-29(53)21-42-16-7-5-13-33(41-3)38(59)46-18-9-6-12-32(37(40)58)48-20-28(2)52;1-15(31)13-28-18(24(25)37)7-4-5-12-26-16(2)19(32)14-27-17(3)29-20(33)8-6-9-23(36)38-30-21(34)10-11-22(30)35;16-8-4-5-9(17)14(8)22-12(20)2-1-3-13(21)23-15-10(18)6-7-11(15)19/h31-33,41-45,47-48H,4-26H2,1-3H3,(H2,39,57)(H2,40,58)(H,46,59)(H,49,55)(H,50,56);16-18,26-28H,4-14H2,1-3H3,(H2,25,37)(H,29,33);1-7H2/t31-,32-,33+;16?,17?,18-;/m00./s1. The molecule has 0 bridgehead atoms. The minimum atomic E-state index is -0.838. The third-order valence-electron chi connectivity index (χ3n) is 17.8. The van der Waals surface area contributed by atoms with E-state index in [4.69, 9.17) is 22.0 Å². The molecule has 45 nitrogen and oxygen atoms in total. The lowest BCUT2D eigenvalue weighted by molar-refractivity contribution is -0.199. The van der Waals surface area contributed by atoms with E-state index >= 15 is 0 Å². The highest BCUT2D eigenvalue weighted by atomic mass is 16.7. The average molecular weight is 1710 g/mol. The lowest BCUT2D eigenvalue weighted by Gasteiger charge is -2.18. The molecular formula is C75H126N20O25. The molecule has 676 valence electrons. The van der Waals surface area contributed by atoms with Crippen molar-refractivity contribution in [1.82, 2.24) is 89.6 Å². The van der Waals surface area contributed by atoms with E-state index in [-0.39, 0.29) is 213 Å². The maximum absolute atomic E-state index is 12.5. The quantitative estimate of drug-likeness (QED) is 0.0153. The number of amides is 13. The van der Waals surface area contributed by atoms with Crippen molar-refractivity contribution in [3.8, 4) is 0 Å². The number of Topliss-reactive ketones (excluding diaryl/α,β-unsaturated/α-hetero) is 6. The fourth-order valence-corrected chi connectivity index (χ4v) is 11.0. The van der Waals surface area contributed by atoms with Gasteiger partial charge in [0.25, 0.3) is 35.4 Å². The first-order valence-electron chi connectivity index (χ1n) is 40.3. The third kappa shape index (κ3) is 52.6. The first-order chi connectivity index (χ1) is 56.9. The molecule has 20 N–H and O–H groups in total. The molecule has 0 saturated carbocycles. The highest BCUT2D eigenvalue weighted by Gasteiger charge is 2.36. The summed E-state index contributed by atoms with van der Waals surface area (Å²) in [6.45, 7) is 10.9. The lowest BCUT2D eigenvalue weighted by Crippen LogP contribution is -2.48. The Balaban J connectivity index is 0.000000997. The van der Waals surface area contributed by atoms with Crippen LogP contribution in [0.1, 0.15) is 208 Å². The second-order valence-electron chi connectivity index (χ2n) is 28.6. The molecule has 0 aromatic carbocycles. The number of ketones is 6. The van der Waals surface area contributed by atoms with Crippen LogP contribution < -0.4 is 91.6 Å². The van der Waals surface area contributed by atoms with E-state index in [0.29, 0.717) is 106 Å². The summed E-state index contributed by atoms with van der Waals surface area (Å²) in [5, 5.41) is 41.7. The van der Waals surface area contributed by atoms with Gasteiger partial charge in [-0.1, -0.05) is 19.3 Å². The number of carbonyl (C=O) groups excluding carboxylic acids is 22. The summed E-state index contributed by atoms with van der Waals surface area (Å²) in [4.78, 5) is 269. The molecule has 3 aliphatic rings. The van der Waals surface area contributed by atoms with E-state index < -0.39 is 101 Å². The van der Waals surface area contributed by atoms with Crippen LogP contribution in [0.25, 0.3) is 0 Å². The van der Waals surface area contributed by atoms with Crippen LogP contribution in [-0.2, 0) is 120 Å². The summed E-state index contributed by atoms with van der Waals surface area (Å²) in [6, 6.07) is -2.48. The molecule has 0 aromatic heterocycles. The van der Waals surface area contributed by atoms with Crippen LogP contribution in [0.15, 0.2) is 0 Å². The molecule has 6 atom stereocenters. The predicted molar refractivity (Wildman–Crippen MR) is 425 cm³/mol. The zero-order chi connectivity index (χ0) is 89.9. The minimum Gasteiger partial charge on any atom is -0.368 e. The van der Waals surface area contributed by atoms with Crippen molar-refractivity contribution in [2.24, 2.45) is 17.2 Å². The van der Waals surface area contributed by atoms with Crippen molar-refractivity contribution < 1.29 is 120 Å². The van der Waals surface area contributed by atoms with Gasteiger partial charge in [0.2, 0.25) is 41.4 Å². The van der Waals surface area contributed by atoms with Crippen molar-refractivity contribution in [2.75, 3.05) is 98.9 Å². The zero-order valence-electron chi connectivity index (χ0n) is 69.7. The molecule has 0 spiro atoms. The number of hydroxylamine groups is 6. The molecule has 2 unspecified atom stereocenters. The summed E-state index contributed by atoms with van der Waals surface area (Å²) < 4.78 is 0. The smallest absolute Gasteiger partial charge is 0.333 e. The maximum Gasteiger partial charge on any atom is 0.333 e. The third-order valence-corrected chi connectivity index (χ3v) is 17.8. The van der Waals surface area contributed by atoms with Gasteiger partial charge in [-0.05, 0) is 138 Å². The molecule has 3 rings (SSSR count). The molecule has 13 amide bonds. The van der Waals surface area contributed by atoms with Gasteiger partial charge in [0.05, 0.1) is 95.4 Å². The zero-order valence-corrected chi connectivity index (χ0v) is 69.7. The van der Waals surface area contributed by atoms with Crippen LogP contribution >= 0.6 is 0 Å². The molecular weight excluding hydrogens is 1580 g/mol.